The largest absolute Gasteiger partial charge is 0.396 e. The van der Waals surface area contributed by atoms with Crippen molar-refractivity contribution in [2.75, 3.05) is 13.2 Å². The third kappa shape index (κ3) is 4.07. The zero-order valence-electron chi connectivity index (χ0n) is 14.3. The first-order chi connectivity index (χ1) is 12.4. The quantitative estimate of drug-likeness (QED) is 0.576. The highest BCUT2D eigenvalue weighted by atomic mass is 35.5. The van der Waals surface area contributed by atoms with Crippen molar-refractivity contribution >= 4 is 33.8 Å². The Morgan fingerprint density at radius 3 is 2.92 bits per heavy atom. The van der Waals surface area contributed by atoms with Crippen molar-refractivity contribution in [1.82, 2.24) is 14.7 Å². The molecule has 1 aromatic carbocycles. The Kier molecular flexibility index (Phi) is 5.62. The lowest BCUT2D eigenvalue weighted by Gasteiger charge is -2.23. The van der Waals surface area contributed by atoms with E-state index in [4.69, 9.17) is 16.7 Å². The summed E-state index contributed by atoms with van der Waals surface area (Å²) >= 11 is 7.59. The number of halogens is 1. The first-order valence-corrected chi connectivity index (χ1v) is 9.50. The maximum Gasteiger partial charge on any atom is 0.269 e. The number of fused-ring (bicyclic) bond motifs is 1. The number of aliphatic hydroxyl groups excluding tert-OH is 1. The molecule has 0 radical (unpaired) electrons. The van der Waals surface area contributed by atoms with Crippen molar-refractivity contribution in [3.8, 4) is 11.3 Å². The number of benzene rings is 1. The predicted octanol–water partition coefficient (Wildman–Crippen LogP) is 2.97. The number of hydrogen-bond donors (Lipinski definition) is 3. The molecule has 138 valence electrons. The zero-order chi connectivity index (χ0) is 18.7. The van der Waals surface area contributed by atoms with Crippen molar-refractivity contribution in [2.45, 2.75) is 25.4 Å². The maximum atomic E-state index is 12.5. The summed E-state index contributed by atoms with van der Waals surface area (Å²) in [5.74, 6) is -0.288. The summed E-state index contributed by atoms with van der Waals surface area (Å²) in [5, 5.41) is 24.2. The van der Waals surface area contributed by atoms with Crippen LogP contribution in [0.1, 0.15) is 30.3 Å². The molecule has 0 spiro atoms. The van der Waals surface area contributed by atoms with Gasteiger partial charge in [-0.05, 0) is 25.8 Å². The number of thiazole rings is 1. The minimum atomic E-state index is -1.06. The maximum absolute atomic E-state index is 12.5. The molecule has 8 heteroatoms. The number of nitrogens with one attached hydrogen (secondary N) is 1. The second-order valence-corrected chi connectivity index (χ2v) is 7.63. The van der Waals surface area contributed by atoms with Gasteiger partial charge in [-0.15, -0.1) is 11.3 Å². The van der Waals surface area contributed by atoms with Gasteiger partial charge in [0.2, 0.25) is 0 Å². The molecule has 3 rings (SSSR count). The highest BCUT2D eigenvalue weighted by Crippen LogP contribution is 2.29. The van der Waals surface area contributed by atoms with Gasteiger partial charge in [-0.25, -0.2) is 4.98 Å². The van der Waals surface area contributed by atoms with Crippen molar-refractivity contribution in [3.63, 3.8) is 0 Å². The van der Waals surface area contributed by atoms with Crippen molar-refractivity contribution in [1.29, 1.82) is 0 Å². The zero-order valence-corrected chi connectivity index (χ0v) is 15.8. The SMILES string of the molecule is CC(O)(CCCO)CNC(=O)c1csc2nc(-c3ccccc3Cl)cn12. The molecule has 0 aliphatic heterocycles. The number of aliphatic hydroxyl groups is 2. The molecule has 0 saturated heterocycles. The second-order valence-electron chi connectivity index (χ2n) is 6.39. The van der Waals surface area contributed by atoms with Crippen LogP contribution in [0.2, 0.25) is 5.02 Å². The van der Waals surface area contributed by atoms with Gasteiger partial charge < -0.3 is 15.5 Å². The van der Waals surface area contributed by atoms with E-state index >= 15 is 0 Å². The molecule has 3 aromatic rings. The van der Waals surface area contributed by atoms with E-state index < -0.39 is 5.60 Å². The third-order valence-corrected chi connectivity index (χ3v) is 5.26. The molecule has 0 bridgehead atoms. The first kappa shape index (κ1) is 18.8. The third-order valence-electron chi connectivity index (χ3n) is 4.09. The minimum Gasteiger partial charge on any atom is -0.396 e. The lowest BCUT2D eigenvalue weighted by atomic mass is 10.0. The molecular weight excluding hydrogens is 374 g/mol. The number of carbonyl (C=O) groups excluding carboxylic acids is 1. The number of rotatable bonds is 7. The number of amides is 1. The molecule has 6 nitrogen and oxygen atoms in total. The van der Waals surface area contributed by atoms with Crippen molar-refractivity contribution in [3.05, 3.63) is 46.6 Å². The number of hydrogen-bond acceptors (Lipinski definition) is 5. The van der Waals surface area contributed by atoms with Crippen LogP contribution >= 0.6 is 22.9 Å². The Morgan fingerprint density at radius 1 is 1.42 bits per heavy atom. The van der Waals surface area contributed by atoms with Gasteiger partial charge >= 0.3 is 0 Å². The highest BCUT2D eigenvalue weighted by Gasteiger charge is 2.22. The highest BCUT2D eigenvalue weighted by molar-refractivity contribution is 7.15. The molecular formula is C18H20ClN3O3S. The van der Waals surface area contributed by atoms with Gasteiger partial charge in [0, 0.05) is 30.3 Å². The summed E-state index contributed by atoms with van der Waals surface area (Å²) in [6.45, 7) is 1.75. The van der Waals surface area contributed by atoms with E-state index in [1.54, 1.807) is 29.0 Å². The topological polar surface area (TPSA) is 86.9 Å². The van der Waals surface area contributed by atoms with Gasteiger partial charge in [0.1, 0.15) is 5.69 Å². The fourth-order valence-corrected chi connectivity index (χ4v) is 3.74. The molecule has 0 aliphatic rings. The molecule has 1 atom stereocenters. The smallest absolute Gasteiger partial charge is 0.269 e. The molecule has 0 fully saturated rings. The molecule has 3 N–H and O–H groups in total. The van der Waals surface area contributed by atoms with Crippen LogP contribution in [0.25, 0.3) is 16.2 Å². The average molecular weight is 394 g/mol. The van der Waals surface area contributed by atoms with E-state index in [9.17, 15) is 9.90 Å². The minimum absolute atomic E-state index is 0.00904. The van der Waals surface area contributed by atoms with Gasteiger partial charge in [0.25, 0.3) is 5.91 Å². The lowest BCUT2D eigenvalue weighted by Crippen LogP contribution is -2.41. The van der Waals surface area contributed by atoms with Gasteiger partial charge in [-0.3, -0.25) is 9.20 Å². The number of aromatic nitrogens is 2. The van der Waals surface area contributed by atoms with Crippen LogP contribution in [0.15, 0.2) is 35.8 Å². The van der Waals surface area contributed by atoms with Crippen LogP contribution in [0.3, 0.4) is 0 Å². The van der Waals surface area contributed by atoms with Crippen LogP contribution in [0, 0.1) is 0 Å². The Morgan fingerprint density at radius 2 is 2.19 bits per heavy atom. The summed E-state index contributed by atoms with van der Waals surface area (Å²) in [4.78, 5) is 17.7. The molecule has 1 unspecified atom stereocenters. The Hall–Kier alpha value is -1.93. The fourth-order valence-electron chi connectivity index (χ4n) is 2.66. The van der Waals surface area contributed by atoms with Crippen molar-refractivity contribution in [2.24, 2.45) is 0 Å². The summed E-state index contributed by atoms with van der Waals surface area (Å²) in [5.41, 5.74) is 0.897. The van der Waals surface area contributed by atoms with Crippen LogP contribution < -0.4 is 5.32 Å². The van der Waals surface area contributed by atoms with E-state index in [-0.39, 0.29) is 19.1 Å². The lowest BCUT2D eigenvalue weighted by molar-refractivity contribution is 0.0414. The van der Waals surface area contributed by atoms with E-state index in [1.165, 1.54) is 11.3 Å². The van der Waals surface area contributed by atoms with Gasteiger partial charge in [-0.1, -0.05) is 29.8 Å². The second kappa shape index (κ2) is 7.75. The molecule has 2 aromatic heterocycles. The monoisotopic (exact) mass is 393 g/mol. The number of carbonyl (C=O) groups is 1. The van der Waals surface area contributed by atoms with Crippen molar-refractivity contribution < 1.29 is 15.0 Å². The summed E-state index contributed by atoms with van der Waals surface area (Å²) < 4.78 is 1.72. The molecule has 0 saturated carbocycles. The van der Waals surface area contributed by atoms with Crippen LogP contribution in [0.5, 0.6) is 0 Å². The Labute approximate surface area is 160 Å². The van der Waals surface area contributed by atoms with Crippen LogP contribution in [-0.4, -0.2) is 44.3 Å². The predicted molar refractivity (Wildman–Crippen MR) is 103 cm³/mol. The van der Waals surface area contributed by atoms with E-state index in [0.717, 1.165) is 5.56 Å². The molecule has 2 heterocycles. The Balaban J connectivity index is 1.78. The van der Waals surface area contributed by atoms with E-state index in [1.807, 2.05) is 18.2 Å². The first-order valence-electron chi connectivity index (χ1n) is 8.24. The molecule has 0 aliphatic carbocycles. The standard InChI is InChI=1S/C18H20ClN3O3S/c1-18(25,7-4-8-23)11-20-16(24)15-10-26-17-21-14(9-22(15)17)12-5-2-3-6-13(12)19/h2-3,5-6,9-10,23,25H,4,7-8,11H2,1H3,(H,20,24). The van der Waals surface area contributed by atoms with Crippen LogP contribution in [0.4, 0.5) is 0 Å². The van der Waals surface area contributed by atoms with Gasteiger partial charge in [-0.2, -0.15) is 0 Å². The molecule has 1 amide bonds. The fraction of sp³-hybridized carbons (Fsp3) is 0.333. The summed E-state index contributed by atoms with van der Waals surface area (Å²) in [7, 11) is 0. The average Bonchev–Trinajstić information content (AvgIpc) is 3.19. The van der Waals surface area contributed by atoms with Crippen LogP contribution in [-0.2, 0) is 0 Å². The van der Waals surface area contributed by atoms with Gasteiger partial charge in [0.05, 0.1) is 16.3 Å². The van der Waals surface area contributed by atoms with E-state index in [2.05, 4.69) is 10.3 Å². The molecule has 26 heavy (non-hydrogen) atoms. The Bertz CT molecular complexity index is 919. The number of imidazole rings is 1. The normalized spacial score (nSPS) is 13.7. The van der Waals surface area contributed by atoms with Gasteiger partial charge in [0.15, 0.2) is 4.96 Å². The van der Waals surface area contributed by atoms with E-state index in [0.29, 0.717) is 34.2 Å². The number of nitrogens with zero attached hydrogens (tertiary/aromatic N) is 2. The summed E-state index contributed by atoms with van der Waals surface area (Å²) in [6, 6.07) is 7.42. The summed E-state index contributed by atoms with van der Waals surface area (Å²) in [6.07, 6.45) is 2.67.